The Hall–Kier alpha value is -2.89. The van der Waals surface area contributed by atoms with Crippen LogP contribution in [0.1, 0.15) is 11.3 Å². The molecule has 1 N–H and O–H groups in total. The van der Waals surface area contributed by atoms with Gasteiger partial charge in [-0.3, -0.25) is 0 Å². The van der Waals surface area contributed by atoms with Gasteiger partial charge in [-0.1, -0.05) is 0 Å². The second-order valence-corrected chi connectivity index (χ2v) is 4.26. The van der Waals surface area contributed by atoms with Crippen LogP contribution in [-0.2, 0) is 4.79 Å². The summed E-state index contributed by atoms with van der Waals surface area (Å²) in [6.07, 6.45) is 2.89. The van der Waals surface area contributed by atoms with Crippen molar-refractivity contribution in [2.75, 3.05) is 21.3 Å². The van der Waals surface area contributed by atoms with E-state index in [-0.39, 0.29) is 11.3 Å². The topological polar surface area (TPSA) is 78.1 Å². The minimum absolute atomic E-state index is 0.0211. The van der Waals surface area contributed by atoms with Crippen LogP contribution in [0, 0.1) is 0 Å². The molecule has 1 heterocycles. The SMILES string of the molecule is COc1ccc(/C(=C/c2ccco2)C(=O)O)c(OC)c1OC. The summed E-state index contributed by atoms with van der Waals surface area (Å²) in [7, 11) is 4.39. The normalized spacial score (nSPS) is 11.1. The number of hydrogen-bond donors (Lipinski definition) is 1. The molecule has 0 radical (unpaired) electrons. The Morgan fingerprint density at radius 3 is 2.32 bits per heavy atom. The molecule has 22 heavy (non-hydrogen) atoms. The Bertz CT molecular complexity index is 685. The molecule has 0 saturated carbocycles. The van der Waals surface area contributed by atoms with E-state index in [0.717, 1.165) is 0 Å². The lowest BCUT2D eigenvalue weighted by molar-refractivity contribution is -0.130. The van der Waals surface area contributed by atoms with Crippen LogP contribution in [0.2, 0.25) is 0 Å². The van der Waals surface area contributed by atoms with Crippen molar-refractivity contribution in [1.82, 2.24) is 0 Å². The maximum atomic E-state index is 11.6. The fraction of sp³-hybridized carbons (Fsp3) is 0.188. The number of hydrogen-bond acceptors (Lipinski definition) is 5. The third kappa shape index (κ3) is 2.90. The molecule has 6 nitrogen and oxygen atoms in total. The van der Waals surface area contributed by atoms with Gasteiger partial charge in [0.05, 0.1) is 33.2 Å². The molecule has 0 bridgehead atoms. The van der Waals surface area contributed by atoms with E-state index in [2.05, 4.69) is 0 Å². The molecule has 1 aromatic heterocycles. The van der Waals surface area contributed by atoms with E-state index >= 15 is 0 Å². The van der Waals surface area contributed by atoms with Crippen molar-refractivity contribution in [1.29, 1.82) is 0 Å². The first-order chi connectivity index (χ1) is 10.6. The highest BCUT2D eigenvalue weighted by Gasteiger charge is 2.22. The van der Waals surface area contributed by atoms with Crippen LogP contribution in [0.4, 0.5) is 0 Å². The first-order valence-corrected chi connectivity index (χ1v) is 6.40. The minimum atomic E-state index is -1.11. The Kier molecular flexibility index (Phi) is 4.73. The van der Waals surface area contributed by atoms with Gasteiger partial charge in [-0.25, -0.2) is 4.79 Å². The number of aliphatic carboxylic acids is 1. The number of carboxylic acid groups (broad SMARTS) is 1. The average molecular weight is 304 g/mol. The van der Waals surface area contributed by atoms with Crippen LogP contribution in [0.25, 0.3) is 11.6 Å². The van der Waals surface area contributed by atoms with Gasteiger partial charge in [0, 0.05) is 5.56 Å². The summed E-state index contributed by atoms with van der Waals surface area (Å²) in [5.74, 6) is 0.373. The van der Waals surface area contributed by atoms with E-state index in [4.69, 9.17) is 18.6 Å². The smallest absolute Gasteiger partial charge is 0.336 e. The molecule has 0 fully saturated rings. The van der Waals surface area contributed by atoms with Crippen LogP contribution in [0.3, 0.4) is 0 Å². The minimum Gasteiger partial charge on any atom is -0.493 e. The summed E-state index contributed by atoms with van der Waals surface area (Å²) in [5, 5.41) is 9.50. The lowest BCUT2D eigenvalue weighted by Crippen LogP contribution is -2.04. The van der Waals surface area contributed by atoms with Gasteiger partial charge in [-0.05, 0) is 30.3 Å². The van der Waals surface area contributed by atoms with E-state index in [1.165, 1.54) is 33.7 Å². The van der Waals surface area contributed by atoms with Crippen LogP contribution < -0.4 is 14.2 Å². The van der Waals surface area contributed by atoms with Crippen molar-refractivity contribution < 1.29 is 28.5 Å². The van der Waals surface area contributed by atoms with Crippen molar-refractivity contribution >= 4 is 17.6 Å². The number of rotatable bonds is 6. The zero-order valence-corrected chi connectivity index (χ0v) is 12.5. The molecular formula is C16H16O6. The van der Waals surface area contributed by atoms with Gasteiger partial charge in [0.1, 0.15) is 5.76 Å². The summed E-state index contributed by atoms with van der Waals surface area (Å²) in [4.78, 5) is 11.6. The van der Waals surface area contributed by atoms with Gasteiger partial charge in [0.25, 0.3) is 0 Å². The van der Waals surface area contributed by atoms with Gasteiger partial charge >= 0.3 is 5.97 Å². The maximum absolute atomic E-state index is 11.6. The molecule has 2 aromatic rings. The molecule has 0 atom stereocenters. The molecule has 1 aromatic carbocycles. The molecule has 0 aliphatic heterocycles. The molecule has 0 saturated heterocycles. The maximum Gasteiger partial charge on any atom is 0.336 e. The van der Waals surface area contributed by atoms with E-state index in [9.17, 15) is 9.90 Å². The largest absolute Gasteiger partial charge is 0.493 e. The molecule has 116 valence electrons. The quantitative estimate of drug-likeness (QED) is 0.827. The van der Waals surface area contributed by atoms with Crippen molar-refractivity contribution in [2.24, 2.45) is 0 Å². The molecule has 0 amide bonds. The predicted octanol–water partition coefficient (Wildman–Crippen LogP) is 2.93. The Morgan fingerprint density at radius 1 is 1.09 bits per heavy atom. The summed E-state index contributed by atoms with van der Waals surface area (Å²) >= 11 is 0. The van der Waals surface area contributed by atoms with Gasteiger partial charge in [0.15, 0.2) is 11.5 Å². The van der Waals surface area contributed by atoms with E-state index in [1.54, 1.807) is 24.3 Å². The van der Waals surface area contributed by atoms with Crippen molar-refractivity contribution in [3.05, 3.63) is 41.9 Å². The molecular weight excluding hydrogens is 288 g/mol. The molecule has 0 aliphatic carbocycles. The van der Waals surface area contributed by atoms with Crippen LogP contribution >= 0.6 is 0 Å². The van der Waals surface area contributed by atoms with Crippen LogP contribution in [0.15, 0.2) is 34.9 Å². The number of carboxylic acids is 1. The molecule has 0 aliphatic rings. The van der Waals surface area contributed by atoms with E-state index in [0.29, 0.717) is 22.8 Å². The fourth-order valence-corrected chi connectivity index (χ4v) is 2.08. The van der Waals surface area contributed by atoms with Gasteiger partial charge in [-0.2, -0.15) is 0 Å². The van der Waals surface area contributed by atoms with Crippen LogP contribution in [0.5, 0.6) is 17.2 Å². The Balaban J connectivity index is 2.65. The first-order valence-electron chi connectivity index (χ1n) is 6.40. The van der Waals surface area contributed by atoms with Crippen LogP contribution in [-0.4, -0.2) is 32.4 Å². The van der Waals surface area contributed by atoms with Crippen molar-refractivity contribution in [2.45, 2.75) is 0 Å². The summed E-state index contributed by atoms with van der Waals surface area (Å²) in [6.45, 7) is 0. The molecule has 0 unspecified atom stereocenters. The Morgan fingerprint density at radius 2 is 1.82 bits per heavy atom. The highest BCUT2D eigenvalue weighted by Crippen LogP contribution is 2.42. The summed E-state index contributed by atoms with van der Waals surface area (Å²) in [5.41, 5.74) is 0.386. The number of furan rings is 1. The standard InChI is InChI=1S/C16H16O6/c1-19-13-7-6-11(14(20-2)15(13)21-3)12(16(17)18)9-10-5-4-8-22-10/h4-9H,1-3H3,(H,17,18)/b12-9-. The van der Waals surface area contributed by atoms with Gasteiger partial charge < -0.3 is 23.7 Å². The lowest BCUT2D eigenvalue weighted by Gasteiger charge is -2.16. The van der Waals surface area contributed by atoms with Crippen molar-refractivity contribution in [3.8, 4) is 17.2 Å². The lowest BCUT2D eigenvalue weighted by atomic mass is 10.0. The van der Waals surface area contributed by atoms with Gasteiger partial charge in [0.2, 0.25) is 5.75 Å². The first kappa shape index (κ1) is 15.5. The third-order valence-electron chi connectivity index (χ3n) is 3.05. The summed E-state index contributed by atoms with van der Waals surface area (Å²) < 4.78 is 21.0. The molecule has 6 heteroatoms. The second kappa shape index (κ2) is 6.71. The Labute approximate surface area is 127 Å². The second-order valence-electron chi connectivity index (χ2n) is 4.26. The zero-order chi connectivity index (χ0) is 16.1. The highest BCUT2D eigenvalue weighted by molar-refractivity contribution is 6.21. The highest BCUT2D eigenvalue weighted by atomic mass is 16.5. The van der Waals surface area contributed by atoms with Gasteiger partial charge in [-0.15, -0.1) is 0 Å². The monoisotopic (exact) mass is 304 g/mol. The average Bonchev–Trinajstić information content (AvgIpc) is 3.03. The molecule has 2 rings (SSSR count). The van der Waals surface area contributed by atoms with Crippen molar-refractivity contribution in [3.63, 3.8) is 0 Å². The zero-order valence-electron chi connectivity index (χ0n) is 12.5. The predicted molar refractivity (Wildman–Crippen MR) is 80.3 cm³/mol. The van der Waals surface area contributed by atoms with E-state index in [1.807, 2.05) is 0 Å². The number of carbonyl (C=O) groups is 1. The van der Waals surface area contributed by atoms with E-state index < -0.39 is 5.97 Å². The fourth-order valence-electron chi connectivity index (χ4n) is 2.08. The number of ether oxygens (including phenoxy) is 3. The molecule has 0 spiro atoms. The number of methoxy groups -OCH3 is 3. The third-order valence-corrected chi connectivity index (χ3v) is 3.05. The number of benzene rings is 1. The summed E-state index contributed by atoms with van der Waals surface area (Å²) in [6, 6.07) is 6.56.